The lowest BCUT2D eigenvalue weighted by atomic mass is 10.0. The van der Waals surface area contributed by atoms with Crippen molar-refractivity contribution in [1.29, 1.82) is 0 Å². The monoisotopic (exact) mass is 425 g/mol. The number of amides is 2. The van der Waals surface area contributed by atoms with E-state index in [9.17, 15) is 14.0 Å². The number of halogens is 1. The highest BCUT2D eigenvalue weighted by molar-refractivity contribution is 5.89. The van der Waals surface area contributed by atoms with Crippen LogP contribution in [0.1, 0.15) is 23.1 Å². The highest BCUT2D eigenvalue weighted by atomic mass is 19.1. The number of rotatable bonds is 7. The molecule has 1 heterocycles. The molecule has 7 heteroatoms. The Balaban J connectivity index is 1.85. The van der Waals surface area contributed by atoms with Gasteiger partial charge >= 0.3 is 6.03 Å². The number of aromatic nitrogens is 1. The van der Waals surface area contributed by atoms with Gasteiger partial charge in [0.15, 0.2) is 0 Å². The van der Waals surface area contributed by atoms with Crippen LogP contribution < -0.4 is 15.8 Å². The van der Waals surface area contributed by atoms with Crippen molar-refractivity contribution >= 4 is 22.6 Å². The summed E-state index contributed by atoms with van der Waals surface area (Å²) in [4.78, 5) is 31.6. The minimum Gasteiger partial charge on any atom is -0.340 e. The predicted octanol–water partition coefficient (Wildman–Crippen LogP) is 2.85. The number of benzene rings is 2. The maximum atomic E-state index is 13.2. The largest absolute Gasteiger partial charge is 0.340 e. The molecule has 0 aliphatic heterocycles. The molecule has 0 aliphatic rings. The summed E-state index contributed by atoms with van der Waals surface area (Å²) in [5.74, 6) is -0.364. The van der Waals surface area contributed by atoms with Gasteiger partial charge in [-0.2, -0.15) is 0 Å². The Hall–Kier alpha value is -3.19. The second-order valence-electron chi connectivity index (χ2n) is 8.26. The fraction of sp³-hybridized carbons (Fsp3) is 0.333. The standard InChI is InChI=1S/C24H29FN4O2/c1-16-6-7-18-14-19(23(30)27-22(18)17(16)2)15-29(13-5-12-28(3)4)24(31)26-21-10-8-20(25)9-11-21/h6-11,14H,5,12-13,15H2,1-4H3,(H,26,31)(H,27,30)/p+1. The van der Waals surface area contributed by atoms with Crippen molar-refractivity contribution in [1.82, 2.24) is 9.88 Å². The average molecular weight is 426 g/mol. The van der Waals surface area contributed by atoms with Gasteiger partial charge in [-0.25, -0.2) is 9.18 Å². The molecule has 31 heavy (non-hydrogen) atoms. The van der Waals surface area contributed by atoms with Gasteiger partial charge in [0.25, 0.3) is 5.56 Å². The lowest BCUT2D eigenvalue weighted by Gasteiger charge is -2.23. The summed E-state index contributed by atoms with van der Waals surface area (Å²) in [7, 11) is 4.11. The molecule has 0 radical (unpaired) electrons. The predicted molar refractivity (Wildman–Crippen MR) is 122 cm³/mol. The Morgan fingerprint density at radius 2 is 1.84 bits per heavy atom. The third kappa shape index (κ3) is 5.70. The fourth-order valence-corrected chi connectivity index (χ4v) is 3.50. The first-order valence-electron chi connectivity index (χ1n) is 10.5. The normalized spacial score (nSPS) is 11.2. The van der Waals surface area contributed by atoms with E-state index in [-0.39, 0.29) is 24.0 Å². The number of urea groups is 1. The molecule has 3 N–H and O–H groups in total. The molecule has 3 aromatic rings. The number of carbonyl (C=O) groups is 1. The molecule has 0 saturated heterocycles. The van der Waals surface area contributed by atoms with Crippen LogP contribution in [0.2, 0.25) is 0 Å². The van der Waals surface area contributed by atoms with Gasteiger partial charge in [-0.1, -0.05) is 12.1 Å². The first-order valence-corrected chi connectivity index (χ1v) is 10.5. The summed E-state index contributed by atoms with van der Waals surface area (Å²) < 4.78 is 13.2. The van der Waals surface area contributed by atoms with Gasteiger partial charge in [-0.15, -0.1) is 0 Å². The average Bonchev–Trinajstić information content (AvgIpc) is 2.72. The van der Waals surface area contributed by atoms with Crippen LogP contribution >= 0.6 is 0 Å². The minimum absolute atomic E-state index is 0.188. The van der Waals surface area contributed by atoms with Crippen molar-refractivity contribution in [3.63, 3.8) is 0 Å². The number of hydrogen-bond acceptors (Lipinski definition) is 2. The van der Waals surface area contributed by atoms with Gasteiger partial charge < -0.3 is 20.1 Å². The van der Waals surface area contributed by atoms with E-state index in [1.165, 1.54) is 29.2 Å². The zero-order valence-electron chi connectivity index (χ0n) is 18.5. The van der Waals surface area contributed by atoms with Gasteiger partial charge in [0, 0.05) is 24.2 Å². The fourth-order valence-electron chi connectivity index (χ4n) is 3.50. The Kier molecular flexibility index (Phi) is 7.07. The second kappa shape index (κ2) is 9.75. The minimum atomic E-state index is -0.364. The smallest absolute Gasteiger partial charge is 0.322 e. The van der Waals surface area contributed by atoms with Crippen molar-refractivity contribution in [2.45, 2.75) is 26.8 Å². The van der Waals surface area contributed by atoms with E-state index in [2.05, 4.69) is 24.4 Å². The van der Waals surface area contributed by atoms with E-state index >= 15 is 0 Å². The van der Waals surface area contributed by atoms with Crippen LogP contribution in [0.4, 0.5) is 14.9 Å². The van der Waals surface area contributed by atoms with Crippen molar-refractivity contribution in [2.24, 2.45) is 0 Å². The molecule has 3 rings (SSSR count). The van der Waals surface area contributed by atoms with Gasteiger partial charge in [-0.05, 0) is 60.7 Å². The number of pyridine rings is 1. The SMILES string of the molecule is Cc1ccc2cc(CN(CCC[NH+](C)C)C(=O)Nc3ccc(F)cc3)c(=O)[nH]c2c1C. The van der Waals surface area contributed by atoms with E-state index < -0.39 is 0 Å². The maximum Gasteiger partial charge on any atom is 0.322 e. The molecule has 0 spiro atoms. The summed E-state index contributed by atoms with van der Waals surface area (Å²) in [5, 5.41) is 3.74. The second-order valence-corrected chi connectivity index (χ2v) is 8.26. The Morgan fingerprint density at radius 1 is 1.13 bits per heavy atom. The number of fused-ring (bicyclic) bond motifs is 1. The maximum absolute atomic E-state index is 13.2. The molecule has 0 saturated carbocycles. The molecule has 0 bridgehead atoms. The number of nitrogens with one attached hydrogen (secondary N) is 3. The summed E-state index contributed by atoms with van der Waals surface area (Å²) in [6, 6.07) is 11.2. The molecular weight excluding hydrogens is 395 g/mol. The molecule has 0 atom stereocenters. The number of carbonyl (C=O) groups excluding carboxylic acids is 1. The van der Waals surface area contributed by atoms with Crippen LogP contribution in [0.15, 0.2) is 47.3 Å². The molecule has 0 fully saturated rings. The highest BCUT2D eigenvalue weighted by Crippen LogP contribution is 2.19. The van der Waals surface area contributed by atoms with E-state index in [1.54, 1.807) is 4.90 Å². The van der Waals surface area contributed by atoms with Crippen molar-refractivity contribution < 1.29 is 14.1 Å². The van der Waals surface area contributed by atoms with Crippen LogP contribution in [0, 0.1) is 19.7 Å². The number of aromatic amines is 1. The number of anilines is 1. The lowest BCUT2D eigenvalue weighted by Crippen LogP contribution is -3.05. The van der Waals surface area contributed by atoms with Crippen molar-refractivity contribution in [2.75, 3.05) is 32.5 Å². The number of aryl methyl sites for hydroxylation is 2. The highest BCUT2D eigenvalue weighted by Gasteiger charge is 2.17. The molecule has 2 amide bonds. The Labute approximate surface area is 181 Å². The van der Waals surface area contributed by atoms with Gasteiger partial charge in [0.05, 0.1) is 32.7 Å². The third-order valence-corrected chi connectivity index (χ3v) is 5.48. The van der Waals surface area contributed by atoms with Crippen molar-refractivity contribution in [3.8, 4) is 0 Å². The van der Waals surface area contributed by atoms with E-state index in [0.29, 0.717) is 17.8 Å². The van der Waals surface area contributed by atoms with Crippen molar-refractivity contribution in [3.05, 3.63) is 75.3 Å². The summed E-state index contributed by atoms with van der Waals surface area (Å²) >= 11 is 0. The van der Waals surface area contributed by atoms with Crippen LogP contribution in [0.3, 0.4) is 0 Å². The Morgan fingerprint density at radius 3 is 2.52 bits per heavy atom. The summed E-state index contributed by atoms with van der Waals surface area (Å²) in [6.07, 6.45) is 0.795. The van der Waals surface area contributed by atoms with E-state index in [1.807, 2.05) is 32.0 Å². The molecule has 1 aromatic heterocycles. The molecule has 0 unspecified atom stereocenters. The number of quaternary nitrogens is 1. The first-order chi connectivity index (χ1) is 14.7. The van der Waals surface area contributed by atoms with Gasteiger partial charge in [0.1, 0.15) is 5.82 Å². The topological polar surface area (TPSA) is 69.6 Å². The van der Waals surface area contributed by atoms with Crippen LogP contribution in [-0.4, -0.2) is 43.1 Å². The van der Waals surface area contributed by atoms with Gasteiger partial charge in [0.2, 0.25) is 0 Å². The molecule has 0 aliphatic carbocycles. The lowest BCUT2D eigenvalue weighted by molar-refractivity contribution is -0.858. The molecular formula is C24H30FN4O2+. The zero-order chi connectivity index (χ0) is 22.5. The molecule has 164 valence electrons. The summed E-state index contributed by atoms with van der Waals surface area (Å²) in [5.41, 5.74) is 3.82. The molecule has 6 nitrogen and oxygen atoms in total. The van der Waals surface area contributed by atoms with E-state index in [4.69, 9.17) is 0 Å². The molecule has 2 aromatic carbocycles. The number of nitrogens with zero attached hydrogens (tertiary/aromatic N) is 1. The third-order valence-electron chi connectivity index (χ3n) is 5.48. The number of hydrogen-bond donors (Lipinski definition) is 3. The van der Waals surface area contributed by atoms with Crippen LogP contribution in [-0.2, 0) is 6.54 Å². The first kappa shape index (κ1) is 22.5. The van der Waals surface area contributed by atoms with E-state index in [0.717, 1.165) is 35.0 Å². The quantitative estimate of drug-likeness (QED) is 0.545. The van der Waals surface area contributed by atoms with Gasteiger partial charge in [-0.3, -0.25) is 4.79 Å². The number of H-pyrrole nitrogens is 1. The van der Waals surface area contributed by atoms with Crippen LogP contribution in [0.25, 0.3) is 10.9 Å². The Bertz CT molecular complexity index is 1120. The summed E-state index contributed by atoms with van der Waals surface area (Å²) in [6.45, 7) is 5.58. The zero-order valence-corrected chi connectivity index (χ0v) is 18.5. The van der Waals surface area contributed by atoms with Crippen LogP contribution in [0.5, 0.6) is 0 Å².